The highest BCUT2D eigenvalue weighted by Gasteiger charge is 2.34. The first-order chi connectivity index (χ1) is 18.1. The van der Waals surface area contributed by atoms with Gasteiger partial charge in [0.1, 0.15) is 23.4 Å². The van der Waals surface area contributed by atoms with Crippen LogP contribution in [0, 0.1) is 5.92 Å². The van der Waals surface area contributed by atoms with Gasteiger partial charge in [0.15, 0.2) is 0 Å². The number of rotatable bonds is 8. The molecule has 2 aromatic rings. The molecule has 0 bridgehead atoms. The number of ether oxygens (including phenoxy) is 2. The molecule has 2 aliphatic carbocycles. The number of H-pyrrole nitrogens is 1. The summed E-state index contributed by atoms with van der Waals surface area (Å²) in [6.45, 7) is 3.93. The number of aromatic amines is 1. The summed E-state index contributed by atoms with van der Waals surface area (Å²) in [5, 5.41) is 24.0. The minimum absolute atomic E-state index is 0.0869. The number of carbonyl (C=O) groups excluding carboxylic acids is 2. The van der Waals surface area contributed by atoms with Crippen molar-refractivity contribution in [3.8, 4) is 11.5 Å². The Kier molecular flexibility index (Phi) is 8.25. The summed E-state index contributed by atoms with van der Waals surface area (Å²) in [5.41, 5.74) is 3.30. The summed E-state index contributed by atoms with van der Waals surface area (Å²) in [7, 11) is 6.79. The molecular weight excluding hydrogens is 488 g/mol. The van der Waals surface area contributed by atoms with Gasteiger partial charge in [0.25, 0.3) is 0 Å². The summed E-state index contributed by atoms with van der Waals surface area (Å²) in [5.74, 6) is 0.900. The molecule has 11 heteroatoms. The Morgan fingerprint density at radius 2 is 1.95 bits per heavy atom. The van der Waals surface area contributed by atoms with E-state index in [0.29, 0.717) is 36.4 Å². The fourth-order valence-corrected chi connectivity index (χ4v) is 5.06. The summed E-state index contributed by atoms with van der Waals surface area (Å²) >= 11 is 0. The molecule has 4 rings (SSSR count). The van der Waals surface area contributed by atoms with Crippen LogP contribution in [0.3, 0.4) is 0 Å². The monoisotopic (exact) mass is 526 g/mol. The predicted molar refractivity (Wildman–Crippen MR) is 144 cm³/mol. The van der Waals surface area contributed by atoms with Crippen LogP contribution in [-0.4, -0.2) is 83.9 Å². The molecule has 1 aromatic heterocycles. The number of nitrogens with zero attached hydrogens (tertiary/aromatic N) is 4. The van der Waals surface area contributed by atoms with Gasteiger partial charge >= 0.3 is 6.09 Å². The van der Waals surface area contributed by atoms with Gasteiger partial charge in [-0.25, -0.2) is 14.8 Å². The van der Waals surface area contributed by atoms with Crippen LogP contribution in [0.4, 0.5) is 10.6 Å². The quantitative estimate of drug-likeness (QED) is 0.354. The summed E-state index contributed by atoms with van der Waals surface area (Å²) in [6, 6.07) is 3.53. The highest BCUT2D eigenvalue weighted by Crippen LogP contribution is 2.41. The van der Waals surface area contributed by atoms with Crippen molar-refractivity contribution in [2.75, 3.05) is 33.6 Å². The van der Waals surface area contributed by atoms with E-state index < -0.39 is 0 Å². The first-order valence-corrected chi connectivity index (χ1v) is 13.0. The maximum atomic E-state index is 13.2. The van der Waals surface area contributed by atoms with Crippen LogP contribution < -0.4 is 10.1 Å². The average molecular weight is 527 g/mol. The second kappa shape index (κ2) is 11.4. The van der Waals surface area contributed by atoms with Gasteiger partial charge in [0.2, 0.25) is 5.91 Å². The van der Waals surface area contributed by atoms with Crippen LogP contribution in [0.15, 0.2) is 17.1 Å². The average Bonchev–Trinajstić information content (AvgIpc) is 3.62. The van der Waals surface area contributed by atoms with Gasteiger partial charge in [-0.1, -0.05) is 0 Å². The molecule has 3 atom stereocenters. The predicted octanol–water partition coefficient (Wildman–Crippen LogP) is 3.49. The minimum Gasteiger partial charge on any atom is -0.507 e. The van der Waals surface area contributed by atoms with E-state index in [9.17, 15) is 14.7 Å². The number of amides is 2. The fourth-order valence-electron chi connectivity index (χ4n) is 5.06. The van der Waals surface area contributed by atoms with Crippen LogP contribution >= 0.6 is 0 Å². The first-order valence-electron chi connectivity index (χ1n) is 13.0. The Hall–Kier alpha value is -3.60. The van der Waals surface area contributed by atoms with Crippen molar-refractivity contribution >= 4 is 24.0 Å². The summed E-state index contributed by atoms with van der Waals surface area (Å²) < 4.78 is 11.1. The van der Waals surface area contributed by atoms with Crippen LogP contribution in [0.5, 0.6) is 11.5 Å². The van der Waals surface area contributed by atoms with Gasteiger partial charge in [-0.2, -0.15) is 5.10 Å². The van der Waals surface area contributed by atoms with E-state index in [4.69, 9.17) is 9.47 Å². The molecule has 0 spiro atoms. The maximum absolute atomic E-state index is 13.2. The molecule has 1 aromatic carbocycles. The molecule has 0 unspecified atom stereocenters. The van der Waals surface area contributed by atoms with Crippen molar-refractivity contribution in [1.29, 1.82) is 0 Å². The second-order valence-corrected chi connectivity index (χ2v) is 10.5. The van der Waals surface area contributed by atoms with E-state index in [2.05, 4.69) is 20.5 Å². The van der Waals surface area contributed by atoms with E-state index in [-0.39, 0.29) is 41.7 Å². The van der Waals surface area contributed by atoms with E-state index in [1.54, 1.807) is 45.5 Å². The number of hydrogen-bond donors (Lipinski definition) is 3. The largest absolute Gasteiger partial charge is 0.507 e. The lowest BCUT2D eigenvalue weighted by Crippen LogP contribution is -2.40. The third-order valence-electron chi connectivity index (χ3n) is 7.31. The van der Waals surface area contributed by atoms with Gasteiger partial charge in [0, 0.05) is 62.9 Å². The fraction of sp³-hybridized carbons (Fsp3) is 0.556. The Bertz CT molecular complexity index is 1210. The van der Waals surface area contributed by atoms with E-state index in [1.807, 2.05) is 19.9 Å². The number of phenolic OH excluding ortho intramolecular Hbond substituents is 1. The highest BCUT2D eigenvalue weighted by molar-refractivity contribution is 5.94. The Balaban J connectivity index is 1.39. The molecule has 2 aliphatic rings. The minimum atomic E-state index is -0.378. The Morgan fingerprint density at radius 3 is 2.63 bits per heavy atom. The van der Waals surface area contributed by atoms with Crippen molar-refractivity contribution in [3.05, 3.63) is 34.5 Å². The molecule has 0 saturated heterocycles. The first kappa shape index (κ1) is 27.4. The number of fused-ring (bicyclic) bond motifs is 1. The van der Waals surface area contributed by atoms with E-state index >= 15 is 0 Å². The lowest BCUT2D eigenvalue weighted by atomic mass is 10.0. The summed E-state index contributed by atoms with van der Waals surface area (Å²) in [6.07, 6.45) is 4.43. The van der Waals surface area contributed by atoms with E-state index in [1.165, 1.54) is 5.01 Å². The van der Waals surface area contributed by atoms with Crippen molar-refractivity contribution in [2.45, 2.75) is 64.0 Å². The number of anilines is 1. The zero-order valence-corrected chi connectivity index (χ0v) is 22.9. The zero-order valence-electron chi connectivity index (χ0n) is 22.9. The number of phenols is 1. The van der Waals surface area contributed by atoms with Gasteiger partial charge < -0.3 is 19.9 Å². The van der Waals surface area contributed by atoms with Crippen molar-refractivity contribution in [2.24, 2.45) is 10.9 Å². The lowest BCUT2D eigenvalue weighted by molar-refractivity contribution is -0.119. The summed E-state index contributed by atoms with van der Waals surface area (Å²) in [4.78, 5) is 29.9. The van der Waals surface area contributed by atoms with Crippen molar-refractivity contribution in [3.63, 3.8) is 0 Å². The van der Waals surface area contributed by atoms with Gasteiger partial charge in [-0.05, 0) is 57.1 Å². The molecule has 11 nitrogen and oxygen atoms in total. The number of nitrogens with one attached hydrogen (secondary N) is 2. The number of hydrazine groups is 1. The number of aromatic nitrogens is 2. The third-order valence-corrected chi connectivity index (χ3v) is 7.31. The second-order valence-electron chi connectivity index (χ2n) is 10.5. The Labute approximate surface area is 223 Å². The van der Waals surface area contributed by atoms with Gasteiger partial charge in [-0.15, -0.1) is 0 Å². The number of hydrogen-bond acceptors (Lipinski definition) is 8. The number of methoxy groups -OCH3 is 1. The third kappa shape index (κ3) is 5.93. The molecular formula is C27H38N6O5. The topological polar surface area (TPSA) is 132 Å². The van der Waals surface area contributed by atoms with Crippen LogP contribution in [0.2, 0.25) is 0 Å². The normalized spacial score (nSPS) is 20.8. The molecule has 3 N–H and O–H groups in total. The number of aliphatic imine (C=N–C) groups is 1. The van der Waals surface area contributed by atoms with Gasteiger partial charge in [0.05, 0.1) is 12.8 Å². The number of carbonyl (C=O) groups is 2. The maximum Gasteiger partial charge on any atom is 0.424 e. The molecule has 1 saturated carbocycles. The standard InChI is InChI=1S/C27H38N6O5/c1-15(2)28-14-21-19-10-17(11-20(19)24(37-6)13-23(21)34)26(35)29-25-12-22(30-31-25)16-7-8-18(9-16)38-27(36)33(5)32(3)4/h12-18,34H,7-11H2,1-6H3,(H2,29,30,31,35)/b28-14+/t16-,17-,18+/m0/s1. The molecule has 1 fully saturated rings. The molecule has 1 heterocycles. The lowest BCUT2D eigenvalue weighted by Gasteiger charge is -2.25. The Morgan fingerprint density at radius 1 is 1.21 bits per heavy atom. The molecule has 0 radical (unpaired) electrons. The molecule has 2 amide bonds. The number of benzene rings is 1. The van der Waals surface area contributed by atoms with Crippen LogP contribution in [-0.2, 0) is 22.4 Å². The SMILES string of the molecule is COc1cc(O)c(/C=N/C(C)C)c2c1C[C@@H](C(=O)Nc1cc([C@H]3CC[C@@H](OC(=O)N(C)N(C)C)C3)n[nH]1)C2. The van der Waals surface area contributed by atoms with Crippen LogP contribution in [0.25, 0.3) is 0 Å². The highest BCUT2D eigenvalue weighted by atomic mass is 16.6. The molecule has 0 aliphatic heterocycles. The smallest absolute Gasteiger partial charge is 0.424 e. The van der Waals surface area contributed by atoms with Gasteiger partial charge in [-0.3, -0.25) is 14.9 Å². The zero-order chi connectivity index (χ0) is 27.6. The number of aromatic hydroxyl groups is 1. The van der Waals surface area contributed by atoms with Crippen molar-refractivity contribution in [1.82, 2.24) is 20.2 Å². The van der Waals surface area contributed by atoms with E-state index in [0.717, 1.165) is 29.7 Å². The molecule has 38 heavy (non-hydrogen) atoms. The molecule has 206 valence electrons. The van der Waals surface area contributed by atoms with Crippen LogP contribution in [0.1, 0.15) is 61.4 Å². The van der Waals surface area contributed by atoms with Crippen molar-refractivity contribution < 1.29 is 24.2 Å².